The van der Waals surface area contributed by atoms with Crippen LogP contribution in [-0.2, 0) is 10.0 Å². The average molecular weight is 476 g/mol. The Morgan fingerprint density at radius 1 is 0.971 bits per heavy atom. The second kappa shape index (κ2) is 10.8. The molecule has 0 saturated carbocycles. The van der Waals surface area contributed by atoms with Gasteiger partial charge in [-0.1, -0.05) is 42.3 Å². The number of nitrogens with one attached hydrogen (secondary N) is 2. The third-order valence-electron chi connectivity index (χ3n) is 5.32. The molecule has 0 heterocycles. The zero-order valence-electron chi connectivity index (χ0n) is 18.9. The first-order chi connectivity index (χ1) is 16.2. The number of terminal acetylenes is 1. The third kappa shape index (κ3) is 5.90. The van der Waals surface area contributed by atoms with Gasteiger partial charge in [0.2, 0.25) is 10.0 Å². The lowest BCUT2D eigenvalue weighted by Crippen LogP contribution is -2.30. The average Bonchev–Trinajstić information content (AvgIpc) is 2.87. The first-order valence-electron chi connectivity index (χ1n) is 10.5. The lowest BCUT2D eigenvalue weighted by molar-refractivity contribution is 0.0742. The van der Waals surface area contributed by atoms with E-state index in [1.54, 1.807) is 55.6 Å². The van der Waals surface area contributed by atoms with Crippen molar-refractivity contribution in [2.45, 2.75) is 17.9 Å². The van der Waals surface area contributed by atoms with Crippen molar-refractivity contribution >= 4 is 27.5 Å². The normalized spacial score (nSPS) is 11.8. The molecule has 3 aromatic rings. The molecule has 0 aliphatic carbocycles. The summed E-state index contributed by atoms with van der Waals surface area (Å²) >= 11 is 0. The van der Waals surface area contributed by atoms with E-state index in [1.807, 2.05) is 19.1 Å². The fraction of sp³-hybridized carbons (Fsp3) is 0.154. The van der Waals surface area contributed by atoms with Gasteiger partial charge in [-0.05, 0) is 55.0 Å². The summed E-state index contributed by atoms with van der Waals surface area (Å²) in [6.45, 7) is 1.71. The number of carbonyl (C=O) groups is 2. The molecule has 0 saturated heterocycles. The standard InChI is InChI=1S/C26H25N3O4S/c1-4-16-27-34(32,33)24-15-9-13-22(18-24)26(31)29(3)19(2)21-12-8-14-23(17-21)28-25(30)20-10-6-5-7-11-20/h1,5-15,17-19,27H,16H2,2-3H3,(H,28,30). The van der Waals surface area contributed by atoms with Crippen molar-refractivity contribution in [2.24, 2.45) is 0 Å². The van der Waals surface area contributed by atoms with Gasteiger partial charge in [0.15, 0.2) is 0 Å². The molecule has 174 valence electrons. The van der Waals surface area contributed by atoms with Crippen molar-refractivity contribution in [2.75, 3.05) is 18.9 Å². The van der Waals surface area contributed by atoms with Crippen molar-refractivity contribution in [1.82, 2.24) is 9.62 Å². The smallest absolute Gasteiger partial charge is 0.255 e. The molecule has 0 aromatic heterocycles. The fourth-order valence-corrected chi connectivity index (χ4v) is 4.27. The number of hydrogen-bond donors (Lipinski definition) is 2. The zero-order valence-corrected chi connectivity index (χ0v) is 19.7. The van der Waals surface area contributed by atoms with Crippen molar-refractivity contribution in [1.29, 1.82) is 0 Å². The summed E-state index contributed by atoms with van der Waals surface area (Å²) in [6, 6.07) is 21.6. The molecule has 1 unspecified atom stereocenters. The van der Waals surface area contributed by atoms with E-state index in [2.05, 4.69) is 16.0 Å². The number of amides is 2. The van der Waals surface area contributed by atoms with Crippen LogP contribution in [0.2, 0.25) is 0 Å². The predicted molar refractivity (Wildman–Crippen MR) is 132 cm³/mol. The summed E-state index contributed by atoms with van der Waals surface area (Å²) in [5.41, 5.74) is 2.18. The molecule has 3 aromatic carbocycles. The highest BCUT2D eigenvalue weighted by Crippen LogP contribution is 2.24. The molecule has 0 spiro atoms. The number of rotatable bonds is 8. The molecule has 1 atom stereocenters. The van der Waals surface area contributed by atoms with Gasteiger partial charge in [0.1, 0.15) is 0 Å². The molecule has 0 fully saturated rings. The van der Waals surface area contributed by atoms with Crippen LogP contribution in [0, 0.1) is 12.3 Å². The molecule has 2 N–H and O–H groups in total. The summed E-state index contributed by atoms with van der Waals surface area (Å²) in [4.78, 5) is 27.0. The van der Waals surface area contributed by atoms with Crippen LogP contribution in [0.4, 0.5) is 5.69 Å². The lowest BCUT2D eigenvalue weighted by atomic mass is 10.1. The Kier molecular flexibility index (Phi) is 7.84. The molecule has 7 nitrogen and oxygen atoms in total. The van der Waals surface area contributed by atoms with Crippen molar-refractivity contribution in [3.8, 4) is 12.3 Å². The minimum absolute atomic E-state index is 0.0414. The van der Waals surface area contributed by atoms with Crippen molar-refractivity contribution < 1.29 is 18.0 Å². The highest BCUT2D eigenvalue weighted by atomic mass is 32.2. The van der Waals surface area contributed by atoms with Crippen LogP contribution in [0.25, 0.3) is 0 Å². The fourth-order valence-electron chi connectivity index (χ4n) is 3.29. The number of benzene rings is 3. The van der Waals surface area contributed by atoms with Crippen LogP contribution in [0.15, 0.2) is 83.8 Å². The van der Waals surface area contributed by atoms with Gasteiger partial charge >= 0.3 is 0 Å². The minimum atomic E-state index is -3.82. The van der Waals surface area contributed by atoms with Gasteiger partial charge in [0.05, 0.1) is 17.5 Å². The largest absolute Gasteiger partial charge is 0.335 e. The van der Waals surface area contributed by atoms with Gasteiger partial charge in [0.25, 0.3) is 11.8 Å². The van der Waals surface area contributed by atoms with E-state index >= 15 is 0 Å². The van der Waals surface area contributed by atoms with Gasteiger partial charge in [-0.25, -0.2) is 8.42 Å². The van der Waals surface area contributed by atoms with Gasteiger partial charge < -0.3 is 10.2 Å². The van der Waals surface area contributed by atoms with Gasteiger partial charge in [-0.15, -0.1) is 6.42 Å². The Hall–Kier alpha value is -3.93. The third-order valence-corrected chi connectivity index (χ3v) is 6.72. The zero-order chi connectivity index (χ0) is 24.7. The lowest BCUT2D eigenvalue weighted by Gasteiger charge is -2.26. The number of hydrogen-bond acceptors (Lipinski definition) is 4. The molecular weight excluding hydrogens is 450 g/mol. The molecule has 3 rings (SSSR count). The van der Waals surface area contributed by atoms with E-state index in [-0.39, 0.29) is 34.9 Å². The van der Waals surface area contributed by atoms with E-state index in [9.17, 15) is 18.0 Å². The molecular formula is C26H25N3O4S. The van der Waals surface area contributed by atoms with Crippen LogP contribution in [0.5, 0.6) is 0 Å². The Labute approximate surface area is 199 Å². The molecule has 0 aliphatic rings. The van der Waals surface area contributed by atoms with E-state index in [0.29, 0.717) is 11.3 Å². The Morgan fingerprint density at radius 2 is 1.65 bits per heavy atom. The quantitative estimate of drug-likeness (QED) is 0.486. The second-order valence-corrected chi connectivity index (χ2v) is 9.36. The first kappa shape index (κ1) is 24.7. The number of nitrogens with zero attached hydrogens (tertiary/aromatic N) is 1. The molecule has 34 heavy (non-hydrogen) atoms. The second-order valence-electron chi connectivity index (χ2n) is 7.59. The molecule has 0 radical (unpaired) electrons. The maximum atomic E-state index is 13.1. The number of anilines is 1. The highest BCUT2D eigenvalue weighted by molar-refractivity contribution is 7.89. The van der Waals surface area contributed by atoms with Crippen LogP contribution in [-0.4, -0.2) is 38.7 Å². The molecule has 2 amide bonds. The van der Waals surface area contributed by atoms with Gasteiger partial charge in [-0.2, -0.15) is 4.72 Å². The van der Waals surface area contributed by atoms with Crippen LogP contribution < -0.4 is 10.0 Å². The summed E-state index contributed by atoms with van der Waals surface area (Å²) in [7, 11) is -2.18. The number of carbonyl (C=O) groups excluding carboxylic acids is 2. The van der Waals surface area contributed by atoms with E-state index in [0.717, 1.165) is 5.56 Å². The number of sulfonamides is 1. The van der Waals surface area contributed by atoms with Crippen LogP contribution in [0.3, 0.4) is 0 Å². The van der Waals surface area contributed by atoms with E-state index in [4.69, 9.17) is 6.42 Å². The predicted octanol–water partition coefficient (Wildman–Crippen LogP) is 3.68. The summed E-state index contributed by atoms with van der Waals surface area (Å²) < 4.78 is 27.0. The Morgan fingerprint density at radius 3 is 2.35 bits per heavy atom. The molecule has 0 aliphatic heterocycles. The van der Waals surface area contributed by atoms with E-state index < -0.39 is 10.0 Å². The molecule has 0 bridgehead atoms. The molecule has 8 heteroatoms. The monoisotopic (exact) mass is 475 g/mol. The topological polar surface area (TPSA) is 95.6 Å². The van der Waals surface area contributed by atoms with E-state index in [1.165, 1.54) is 23.1 Å². The van der Waals surface area contributed by atoms with Crippen LogP contribution in [0.1, 0.15) is 39.2 Å². The Bertz CT molecular complexity index is 1330. The van der Waals surface area contributed by atoms with Gasteiger partial charge in [-0.3, -0.25) is 9.59 Å². The van der Waals surface area contributed by atoms with Gasteiger partial charge in [0, 0.05) is 23.9 Å². The SMILES string of the molecule is C#CCNS(=O)(=O)c1cccc(C(=O)N(C)C(C)c2cccc(NC(=O)c3ccccc3)c2)c1. The summed E-state index contributed by atoms with van der Waals surface area (Å²) in [5.74, 6) is 1.64. The van der Waals surface area contributed by atoms with Crippen molar-refractivity contribution in [3.05, 3.63) is 95.6 Å². The first-order valence-corrected chi connectivity index (χ1v) is 12.0. The highest BCUT2D eigenvalue weighted by Gasteiger charge is 2.22. The summed E-state index contributed by atoms with van der Waals surface area (Å²) in [6.07, 6.45) is 5.13. The van der Waals surface area contributed by atoms with Crippen LogP contribution >= 0.6 is 0 Å². The van der Waals surface area contributed by atoms with Crippen molar-refractivity contribution in [3.63, 3.8) is 0 Å². The minimum Gasteiger partial charge on any atom is -0.335 e. The Balaban J connectivity index is 1.77. The summed E-state index contributed by atoms with van der Waals surface area (Å²) in [5, 5.41) is 2.86. The maximum Gasteiger partial charge on any atom is 0.255 e. The maximum absolute atomic E-state index is 13.1.